The Morgan fingerprint density at radius 2 is 1.53 bits per heavy atom. The van der Waals surface area contributed by atoms with Crippen LogP contribution in [0.5, 0.6) is 17.2 Å². The third kappa shape index (κ3) is 3.98. The van der Waals surface area contributed by atoms with Crippen LogP contribution in [0, 0.1) is 0 Å². The van der Waals surface area contributed by atoms with Gasteiger partial charge in [-0.3, -0.25) is 0 Å². The van der Waals surface area contributed by atoms with E-state index in [1.165, 1.54) is 0 Å². The first-order chi connectivity index (χ1) is 14.6. The van der Waals surface area contributed by atoms with E-state index in [0.717, 1.165) is 27.7 Å². The lowest BCUT2D eigenvalue weighted by atomic mass is 10.1. The standard InChI is InChI=1S/C24H20ClNO4/c1-27-18-9-11-21-19(13-18)20(26-17-7-5-16(25)6-8-17)14-23(30-21)15-4-10-22(28-2)24(12-15)29-3/h4-14H,1-3H3. The van der Waals surface area contributed by atoms with Gasteiger partial charge < -0.3 is 18.6 Å². The van der Waals surface area contributed by atoms with E-state index in [9.17, 15) is 0 Å². The highest BCUT2D eigenvalue weighted by atomic mass is 35.5. The van der Waals surface area contributed by atoms with Gasteiger partial charge in [0.2, 0.25) is 0 Å². The topological polar surface area (TPSA) is 53.2 Å². The summed E-state index contributed by atoms with van der Waals surface area (Å²) >= 11 is 6.01. The first kappa shape index (κ1) is 19.9. The Morgan fingerprint density at radius 3 is 2.23 bits per heavy atom. The second-order valence-corrected chi connectivity index (χ2v) is 6.95. The summed E-state index contributed by atoms with van der Waals surface area (Å²) in [5.41, 5.74) is 2.32. The van der Waals surface area contributed by atoms with Crippen molar-refractivity contribution < 1.29 is 18.6 Å². The number of hydrogen-bond donors (Lipinski definition) is 0. The van der Waals surface area contributed by atoms with Crippen molar-refractivity contribution in [2.75, 3.05) is 21.3 Å². The maximum atomic E-state index is 6.18. The molecule has 0 aliphatic heterocycles. The van der Waals surface area contributed by atoms with Gasteiger partial charge in [0.05, 0.1) is 32.4 Å². The Bertz CT molecular complexity index is 1260. The van der Waals surface area contributed by atoms with Crippen LogP contribution < -0.4 is 19.6 Å². The van der Waals surface area contributed by atoms with Gasteiger partial charge in [0.25, 0.3) is 0 Å². The van der Waals surface area contributed by atoms with Crippen LogP contribution in [0.3, 0.4) is 0 Å². The Kier molecular flexibility index (Phi) is 5.63. The summed E-state index contributed by atoms with van der Waals surface area (Å²) in [5.74, 6) is 2.65. The molecule has 0 saturated heterocycles. The van der Waals surface area contributed by atoms with Gasteiger partial charge in [-0.15, -0.1) is 0 Å². The second kappa shape index (κ2) is 8.51. The van der Waals surface area contributed by atoms with Gasteiger partial charge in [-0.1, -0.05) is 11.6 Å². The summed E-state index contributed by atoms with van der Waals surface area (Å²) in [7, 11) is 4.84. The molecule has 30 heavy (non-hydrogen) atoms. The number of ether oxygens (including phenoxy) is 3. The zero-order chi connectivity index (χ0) is 21.1. The summed E-state index contributed by atoms with van der Waals surface area (Å²) in [4.78, 5) is 4.82. The number of methoxy groups -OCH3 is 3. The molecule has 0 unspecified atom stereocenters. The van der Waals surface area contributed by atoms with Crippen molar-refractivity contribution in [3.05, 3.63) is 77.1 Å². The fourth-order valence-electron chi connectivity index (χ4n) is 3.15. The van der Waals surface area contributed by atoms with E-state index in [1.54, 1.807) is 21.3 Å². The third-order valence-electron chi connectivity index (χ3n) is 4.69. The molecule has 4 rings (SSSR count). The maximum absolute atomic E-state index is 6.18. The van der Waals surface area contributed by atoms with Crippen LogP contribution in [0.2, 0.25) is 5.02 Å². The number of rotatable bonds is 5. The molecular formula is C24H20ClNO4. The van der Waals surface area contributed by atoms with Crippen LogP contribution in [0.1, 0.15) is 0 Å². The molecule has 0 spiro atoms. The summed E-state index contributed by atoms with van der Waals surface area (Å²) in [6.45, 7) is 0. The maximum Gasteiger partial charge on any atom is 0.161 e. The van der Waals surface area contributed by atoms with Gasteiger partial charge in [-0.2, -0.15) is 0 Å². The van der Waals surface area contributed by atoms with E-state index >= 15 is 0 Å². The van der Waals surface area contributed by atoms with Crippen molar-refractivity contribution in [3.8, 4) is 28.6 Å². The van der Waals surface area contributed by atoms with Crippen molar-refractivity contribution in [1.82, 2.24) is 0 Å². The number of nitrogens with zero attached hydrogens (tertiary/aromatic N) is 1. The normalized spacial score (nSPS) is 11.5. The molecule has 1 heterocycles. The van der Waals surface area contributed by atoms with E-state index in [4.69, 9.17) is 35.2 Å². The SMILES string of the molecule is COc1ccc2oc(-c3ccc(OC)c(OC)c3)cc(=Nc3ccc(Cl)cc3)c2c1. The largest absolute Gasteiger partial charge is 0.497 e. The van der Waals surface area contributed by atoms with Gasteiger partial charge in [0.1, 0.15) is 17.1 Å². The third-order valence-corrected chi connectivity index (χ3v) is 4.95. The summed E-state index contributed by atoms with van der Waals surface area (Å²) < 4.78 is 22.3. The quantitative estimate of drug-likeness (QED) is 0.396. The molecule has 0 radical (unpaired) electrons. The minimum Gasteiger partial charge on any atom is -0.497 e. The monoisotopic (exact) mass is 421 g/mol. The van der Waals surface area contributed by atoms with Crippen LogP contribution >= 0.6 is 11.6 Å². The summed E-state index contributed by atoms with van der Waals surface area (Å²) in [5, 5.41) is 2.25. The van der Waals surface area contributed by atoms with Crippen LogP contribution in [0.25, 0.3) is 22.3 Å². The van der Waals surface area contributed by atoms with Crippen molar-refractivity contribution >= 4 is 28.3 Å². The molecular weight excluding hydrogens is 402 g/mol. The number of hydrogen-bond acceptors (Lipinski definition) is 5. The summed E-state index contributed by atoms with van der Waals surface area (Å²) in [6, 6.07) is 20.5. The van der Waals surface area contributed by atoms with E-state index < -0.39 is 0 Å². The fourth-order valence-corrected chi connectivity index (χ4v) is 3.28. The smallest absolute Gasteiger partial charge is 0.161 e. The molecule has 0 bridgehead atoms. The Balaban J connectivity index is 1.95. The molecule has 1 aromatic heterocycles. The number of benzene rings is 3. The number of halogens is 1. The molecule has 5 nitrogen and oxygen atoms in total. The van der Waals surface area contributed by atoms with Gasteiger partial charge >= 0.3 is 0 Å². The van der Waals surface area contributed by atoms with E-state index in [2.05, 4.69) is 0 Å². The van der Waals surface area contributed by atoms with Crippen LogP contribution in [0.4, 0.5) is 5.69 Å². The molecule has 0 saturated carbocycles. The lowest BCUT2D eigenvalue weighted by molar-refractivity contribution is 0.355. The second-order valence-electron chi connectivity index (χ2n) is 6.52. The summed E-state index contributed by atoms with van der Waals surface area (Å²) in [6.07, 6.45) is 0. The molecule has 0 atom stereocenters. The molecule has 4 aromatic rings. The lowest BCUT2D eigenvalue weighted by Gasteiger charge is -2.10. The molecule has 0 aliphatic carbocycles. The van der Waals surface area contributed by atoms with Crippen molar-refractivity contribution in [2.45, 2.75) is 0 Å². The lowest BCUT2D eigenvalue weighted by Crippen LogP contribution is -2.03. The van der Waals surface area contributed by atoms with Gasteiger partial charge in [0.15, 0.2) is 11.5 Å². The highest BCUT2D eigenvalue weighted by molar-refractivity contribution is 6.30. The Hall–Kier alpha value is -3.44. The molecule has 152 valence electrons. The van der Waals surface area contributed by atoms with E-state index in [0.29, 0.717) is 27.9 Å². The molecule has 0 fully saturated rings. The highest BCUT2D eigenvalue weighted by Crippen LogP contribution is 2.33. The predicted molar refractivity (Wildman–Crippen MR) is 118 cm³/mol. The van der Waals surface area contributed by atoms with Crippen molar-refractivity contribution in [2.24, 2.45) is 4.99 Å². The molecule has 0 N–H and O–H groups in total. The van der Waals surface area contributed by atoms with Gasteiger partial charge in [0, 0.05) is 22.0 Å². The van der Waals surface area contributed by atoms with E-state index in [1.807, 2.05) is 66.7 Å². The minimum atomic E-state index is 0.621. The highest BCUT2D eigenvalue weighted by Gasteiger charge is 2.11. The molecule has 0 aliphatic rings. The predicted octanol–water partition coefficient (Wildman–Crippen LogP) is 6.01. The molecule has 6 heteroatoms. The zero-order valence-electron chi connectivity index (χ0n) is 16.8. The number of fused-ring (bicyclic) bond motifs is 1. The average Bonchev–Trinajstić information content (AvgIpc) is 2.79. The Labute approximate surface area is 179 Å². The molecule has 0 amide bonds. The fraction of sp³-hybridized carbons (Fsp3) is 0.125. The molecule has 3 aromatic carbocycles. The average molecular weight is 422 g/mol. The first-order valence-corrected chi connectivity index (χ1v) is 9.63. The van der Waals surface area contributed by atoms with E-state index in [-0.39, 0.29) is 0 Å². The van der Waals surface area contributed by atoms with Crippen LogP contribution in [-0.4, -0.2) is 21.3 Å². The first-order valence-electron chi connectivity index (χ1n) is 9.26. The van der Waals surface area contributed by atoms with Gasteiger partial charge in [-0.25, -0.2) is 4.99 Å². The van der Waals surface area contributed by atoms with Crippen molar-refractivity contribution in [3.63, 3.8) is 0 Å². The Morgan fingerprint density at radius 1 is 0.767 bits per heavy atom. The van der Waals surface area contributed by atoms with Crippen LogP contribution in [0.15, 0.2) is 76.1 Å². The zero-order valence-corrected chi connectivity index (χ0v) is 17.6. The minimum absolute atomic E-state index is 0.621. The van der Waals surface area contributed by atoms with Crippen LogP contribution in [-0.2, 0) is 0 Å². The van der Waals surface area contributed by atoms with Gasteiger partial charge in [-0.05, 0) is 60.7 Å². The van der Waals surface area contributed by atoms with Crippen molar-refractivity contribution in [1.29, 1.82) is 0 Å².